The molecular weight excluding hydrogens is 358 g/mol. The molecule has 3 rings (SSSR count). The quantitative estimate of drug-likeness (QED) is 0.681. The molecule has 0 fully saturated rings. The average Bonchev–Trinajstić information content (AvgIpc) is 2.64. The molecule has 26 heavy (non-hydrogen) atoms. The first-order valence-electron chi connectivity index (χ1n) is 7.56. The second kappa shape index (κ2) is 7.53. The monoisotopic (exact) mass is 372 g/mol. The lowest BCUT2D eigenvalue weighted by molar-refractivity contribution is 0.0595. The molecule has 0 aliphatic rings. The first kappa shape index (κ1) is 17.9. The molecule has 1 aromatic heterocycles. The number of nitrogen functional groups attached to an aromatic ring is 1. The molecule has 0 amide bonds. The van der Waals surface area contributed by atoms with Crippen molar-refractivity contribution in [2.45, 2.75) is 9.79 Å². The van der Waals surface area contributed by atoms with Gasteiger partial charge in [-0.1, -0.05) is 11.8 Å². The minimum Gasteiger partial charge on any atom is -0.464 e. The first-order chi connectivity index (χ1) is 12.5. The lowest BCUT2D eigenvalue weighted by atomic mass is 10.1. The van der Waals surface area contributed by atoms with Crippen LogP contribution in [-0.4, -0.2) is 18.1 Å². The molecule has 7 heteroatoms. The van der Waals surface area contributed by atoms with Crippen molar-refractivity contribution in [3.8, 4) is 11.3 Å². The van der Waals surface area contributed by atoms with Crippen molar-refractivity contribution in [1.29, 1.82) is 0 Å². The summed E-state index contributed by atoms with van der Waals surface area (Å²) in [5, 5.41) is 0. The summed E-state index contributed by atoms with van der Waals surface area (Å²) >= 11 is 1.31. The Morgan fingerprint density at radius 3 is 2.19 bits per heavy atom. The molecule has 132 valence electrons. The molecule has 0 unspecified atom stereocenters. The predicted octanol–water partition coefficient (Wildman–Crippen LogP) is 4.55. The number of methoxy groups -OCH3 is 1. The summed E-state index contributed by atoms with van der Waals surface area (Å²) in [5.74, 6) is -1.39. The molecule has 0 aliphatic carbocycles. The van der Waals surface area contributed by atoms with Gasteiger partial charge in [0.25, 0.3) is 0 Å². The van der Waals surface area contributed by atoms with Crippen LogP contribution >= 0.6 is 11.8 Å². The zero-order valence-electron chi connectivity index (χ0n) is 13.7. The van der Waals surface area contributed by atoms with E-state index in [4.69, 9.17) is 10.5 Å². The molecule has 2 aromatic carbocycles. The van der Waals surface area contributed by atoms with Crippen molar-refractivity contribution in [2.75, 3.05) is 12.8 Å². The third-order valence-corrected chi connectivity index (χ3v) is 4.59. The van der Waals surface area contributed by atoms with Gasteiger partial charge in [-0.3, -0.25) is 0 Å². The van der Waals surface area contributed by atoms with Crippen molar-refractivity contribution in [3.05, 3.63) is 71.9 Å². The lowest BCUT2D eigenvalue weighted by Gasteiger charge is -2.12. The normalized spacial score (nSPS) is 10.6. The van der Waals surface area contributed by atoms with Gasteiger partial charge in [-0.15, -0.1) is 0 Å². The minimum atomic E-state index is -0.663. The highest BCUT2D eigenvalue weighted by Gasteiger charge is 2.18. The van der Waals surface area contributed by atoms with Crippen LogP contribution in [0.3, 0.4) is 0 Å². The first-order valence-corrected chi connectivity index (χ1v) is 8.38. The third-order valence-electron chi connectivity index (χ3n) is 3.55. The Kier molecular flexibility index (Phi) is 5.18. The zero-order valence-corrected chi connectivity index (χ0v) is 14.5. The molecule has 0 saturated carbocycles. The van der Waals surface area contributed by atoms with Gasteiger partial charge in [0.15, 0.2) is 5.69 Å². The van der Waals surface area contributed by atoms with Crippen LogP contribution < -0.4 is 5.73 Å². The number of carbonyl (C=O) groups is 1. The number of esters is 1. The summed E-state index contributed by atoms with van der Waals surface area (Å²) < 4.78 is 31.1. The van der Waals surface area contributed by atoms with E-state index < -0.39 is 5.97 Å². The van der Waals surface area contributed by atoms with Gasteiger partial charge in [-0.25, -0.2) is 18.6 Å². The Labute approximate surface area is 153 Å². The van der Waals surface area contributed by atoms with Gasteiger partial charge in [0.1, 0.15) is 11.6 Å². The Morgan fingerprint density at radius 2 is 1.62 bits per heavy atom. The third kappa shape index (κ3) is 3.83. The van der Waals surface area contributed by atoms with E-state index in [9.17, 15) is 13.6 Å². The number of halogens is 2. The largest absolute Gasteiger partial charge is 0.464 e. The summed E-state index contributed by atoms with van der Waals surface area (Å²) in [7, 11) is 1.24. The van der Waals surface area contributed by atoms with Crippen molar-refractivity contribution >= 4 is 23.4 Å². The molecule has 0 spiro atoms. The van der Waals surface area contributed by atoms with Gasteiger partial charge >= 0.3 is 5.97 Å². The molecule has 0 radical (unpaired) electrons. The van der Waals surface area contributed by atoms with Gasteiger partial charge in [0.05, 0.1) is 18.5 Å². The molecule has 2 N–H and O–H groups in total. The number of ether oxygens (including phenoxy) is 1. The molecule has 0 bridgehead atoms. The zero-order chi connectivity index (χ0) is 18.7. The second-order valence-electron chi connectivity index (χ2n) is 5.33. The van der Waals surface area contributed by atoms with Crippen LogP contribution in [0.25, 0.3) is 11.3 Å². The Hall–Kier alpha value is -2.93. The summed E-state index contributed by atoms with van der Waals surface area (Å²) in [5.41, 5.74) is 7.16. The SMILES string of the molecule is COC(=O)c1nc(-c2ccc(F)cc2)c(Sc2ccc(F)cc2)cc1N. The fraction of sp³-hybridized carbons (Fsp3) is 0.0526. The second-order valence-corrected chi connectivity index (χ2v) is 6.44. The van der Waals surface area contributed by atoms with Gasteiger partial charge in [-0.05, 0) is 54.6 Å². The summed E-state index contributed by atoms with van der Waals surface area (Å²) in [6.07, 6.45) is 0. The highest BCUT2D eigenvalue weighted by molar-refractivity contribution is 7.99. The van der Waals surface area contributed by atoms with E-state index in [0.29, 0.717) is 16.2 Å². The topological polar surface area (TPSA) is 65.2 Å². The molecular formula is C19H14F2N2O2S. The van der Waals surface area contributed by atoms with E-state index in [0.717, 1.165) is 4.90 Å². The Bertz CT molecular complexity index is 945. The lowest BCUT2D eigenvalue weighted by Crippen LogP contribution is -2.10. The summed E-state index contributed by atoms with van der Waals surface area (Å²) in [6, 6.07) is 13.3. The van der Waals surface area contributed by atoms with Gasteiger partial charge in [0.2, 0.25) is 0 Å². The highest BCUT2D eigenvalue weighted by Crippen LogP contribution is 2.37. The van der Waals surface area contributed by atoms with Crippen LogP contribution in [0.5, 0.6) is 0 Å². The van der Waals surface area contributed by atoms with E-state index in [2.05, 4.69) is 4.98 Å². The van der Waals surface area contributed by atoms with E-state index in [-0.39, 0.29) is 23.0 Å². The van der Waals surface area contributed by atoms with Crippen LogP contribution in [0.2, 0.25) is 0 Å². The Morgan fingerprint density at radius 1 is 1.04 bits per heavy atom. The maximum atomic E-state index is 13.3. The predicted molar refractivity (Wildman–Crippen MR) is 95.9 cm³/mol. The number of nitrogens with zero attached hydrogens (tertiary/aromatic N) is 1. The van der Waals surface area contributed by atoms with Crippen LogP contribution in [0.4, 0.5) is 14.5 Å². The fourth-order valence-electron chi connectivity index (χ4n) is 2.29. The molecule has 0 saturated heterocycles. The van der Waals surface area contributed by atoms with Crippen LogP contribution in [0, 0.1) is 11.6 Å². The number of benzene rings is 2. The van der Waals surface area contributed by atoms with Crippen molar-refractivity contribution in [3.63, 3.8) is 0 Å². The van der Waals surface area contributed by atoms with E-state index in [1.54, 1.807) is 30.3 Å². The van der Waals surface area contributed by atoms with E-state index >= 15 is 0 Å². The number of hydrogen-bond acceptors (Lipinski definition) is 5. The standard InChI is InChI=1S/C19H14F2N2O2S/c1-25-19(24)18-15(22)10-16(26-14-8-6-13(21)7-9-14)17(23-18)11-2-4-12(20)5-3-11/h2-10H,22H2,1H3. The van der Waals surface area contributed by atoms with Crippen LogP contribution in [-0.2, 0) is 4.74 Å². The molecule has 0 atom stereocenters. The van der Waals surface area contributed by atoms with Gasteiger partial charge < -0.3 is 10.5 Å². The van der Waals surface area contributed by atoms with Crippen molar-refractivity contribution in [1.82, 2.24) is 4.98 Å². The molecule has 3 aromatic rings. The smallest absolute Gasteiger partial charge is 0.358 e. The number of rotatable bonds is 4. The maximum absolute atomic E-state index is 13.3. The average molecular weight is 372 g/mol. The van der Waals surface area contributed by atoms with E-state index in [1.807, 2.05) is 0 Å². The number of hydrogen-bond donors (Lipinski definition) is 1. The fourth-order valence-corrected chi connectivity index (χ4v) is 3.26. The number of carbonyl (C=O) groups excluding carboxylic acids is 1. The van der Waals surface area contributed by atoms with E-state index in [1.165, 1.54) is 43.1 Å². The van der Waals surface area contributed by atoms with Gasteiger partial charge in [-0.2, -0.15) is 0 Å². The Balaban J connectivity index is 2.11. The molecule has 0 aliphatic heterocycles. The number of aromatic nitrogens is 1. The molecule has 1 heterocycles. The maximum Gasteiger partial charge on any atom is 0.358 e. The summed E-state index contributed by atoms with van der Waals surface area (Å²) in [4.78, 5) is 17.7. The molecule has 4 nitrogen and oxygen atoms in total. The van der Waals surface area contributed by atoms with Gasteiger partial charge in [0, 0.05) is 15.4 Å². The highest BCUT2D eigenvalue weighted by atomic mass is 32.2. The number of anilines is 1. The number of nitrogens with two attached hydrogens (primary N) is 1. The number of pyridine rings is 1. The summed E-state index contributed by atoms with van der Waals surface area (Å²) in [6.45, 7) is 0. The van der Waals surface area contributed by atoms with Crippen molar-refractivity contribution in [2.24, 2.45) is 0 Å². The minimum absolute atomic E-state index is 0.0183. The van der Waals surface area contributed by atoms with Crippen LogP contribution in [0.15, 0.2) is 64.4 Å². The van der Waals surface area contributed by atoms with Crippen LogP contribution in [0.1, 0.15) is 10.5 Å². The van der Waals surface area contributed by atoms with Crippen molar-refractivity contribution < 1.29 is 18.3 Å².